The molecule has 1 aromatic heterocycles. The van der Waals surface area contributed by atoms with Crippen LogP contribution in [0.15, 0.2) is 109 Å². The first-order valence-electron chi connectivity index (χ1n) is 10.2. The van der Waals surface area contributed by atoms with Crippen LogP contribution in [0.5, 0.6) is 5.75 Å². The van der Waals surface area contributed by atoms with Crippen LogP contribution < -0.4 is 9.53 Å². The molecule has 0 aliphatic rings. The molecule has 0 aliphatic heterocycles. The Morgan fingerprint density at radius 2 is 1.50 bits per heavy atom. The summed E-state index contributed by atoms with van der Waals surface area (Å²) in [7, 11) is 0. The fourth-order valence-electron chi connectivity index (χ4n) is 3.34. The van der Waals surface area contributed by atoms with E-state index in [0.717, 1.165) is 28.3 Å². The molecule has 4 aromatic carbocycles. The molecular weight excluding hydrogens is 420 g/mol. The number of halogens is 1. The second-order valence-electron chi connectivity index (χ2n) is 7.22. The maximum absolute atomic E-state index is 6.18. The van der Waals surface area contributed by atoms with Crippen LogP contribution in [-0.2, 0) is 6.61 Å². The van der Waals surface area contributed by atoms with E-state index < -0.39 is 0 Å². The number of hydrogen-bond donors (Lipinski definition) is 0. The normalized spacial score (nSPS) is 10.8. The van der Waals surface area contributed by atoms with E-state index in [1.54, 1.807) is 9.59 Å². The van der Waals surface area contributed by atoms with Gasteiger partial charge in [-0.15, -0.1) is 0 Å². The first-order valence-corrected chi connectivity index (χ1v) is 10.6. The van der Waals surface area contributed by atoms with Gasteiger partial charge in [0.25, 0.3) is 0 Å². The Labute approximate surface area is 191 Å². The molecule has 0 atom stereocenters. The van der Waals surface area contributed by atoms with E-state index in [2.05, 4.69) is 0 Å². The summed E-state index contributed by atoms with van der Waals surface area (Å²) in [5.41, 5.74) is 3.74. The maximum Gasteiger partial charge on any atom is 0.340 e. The number of tetrazole rings is 1. The minimum absolute atomic E-state index is 0.520. The highest BCUT2D eigenvalue weighted by Crippen LogP contribution is 2.20. The summed E-state index contributed by atoms with van der Waals surface area (Å²) >= 11 is 6.18. The topological polar surface area (TPSA) is 43.8 Å². The molecule has 0 amide bonds. The second kappa shape index (κ2) is 9.04. The summed E-state index contributed by atoms with van der Waals surface area (Å²) in [5.74, 6) is 1.37. The predicted octanol–water partition coefficient (Wildman–Crippen LogP) is 5.44. The molecule has 0 radical (unpaired) electrons. The zero-order chi connectivity index (χ0) is 21.8. The van der Waals surface area contributed by atoms with E-state index in [9.17, 15) is 0 Å². The van der Waals surface area contributed by atoms with Crippen molar-refractivity contribution in [1.29, 1.82) is 0 Å². The molecule has 1 heterocycles. The Hall–Kier alpha value is -3.96. The molecule has 5 rings (SSSR count). The van der Waals surface area contributed by atoms with Gasteiger partial charge in [0, 0.05) is 9.82 Å². The predicted molar refractivity (Wildman–Crippen MR) is 124 cm³/mol. The number of aromatic nitrogens is 4. The number of rotatable bonds is 6. The summed E-state index contributed by atoms with van der Waals surface area (Å²) < 4.78 is 5.92. The Balaban J connectivity index is 1.47. The number of para-hydroxylation sites is 1. The summed E-state index contributed by atoms with van der Waals surface area (Å²) in [6.45, 7) is 0.520. The molecule has 156 valence electrons. The summed E-state index contributed by atoms with van der Waals surface area (Å²) in [6.07, 6.45) is 0. The van der Waals surface area contributed by atoms with Crippen molar-refractivity contribution in [3.05, 3.63) is 120 Å². The van der Waals surface area contributed by atoms with Crippen LogP contribution in [0.3, 0.4) is 0 Å². The maximum atomic E-state index is 6.18. The van der Waals surface area contributed by atoms with Gasteiger partial charge in [0.1, 0.15) is 18.0 Å². The highest BCUT2D eigenvalue weighted by molar-refractivity contribution is 6.30. The SMILES string of the molecule is Clc1cccc(-c2nn(-c3ccccc3)[n+](-c3ccc(OCc4ccccc4)cc3)n2)c1. The molecule has 0 bridgehead atoms. The lowest BCUT2D eigenvalue weighted by Gasteiger charge is -2.06. The van der Waals surface area contributed by atoms with Crippen molar-refractivity contribution in [2.45, 2.75) is 6.61 Å². The first-order chi connectivity index (χ1) is 15.8. The molecular formula is C26H20ClN4O+. The second-order valence-corrected chi connectivity index (χ2v) is 7.65. The van der Waals surface area contributed by atoms with Crippen LogP contribution in [0.2, 0.25) is 5.02 Å². The van der Waals surface area contributed by atoms with E-state index >= 15 is 0 Å². The number of ether oxygens (including phenoxy) is 1. The van der Waals surface area contributed by atoms with Gasteiger partial charge in [-0.2, -0.15) is 0 Å². The van der Waals surface area contributed by atoms with Crippen molar-refractivity contribution in [3.8, 4) is 28.5 Å². The fraction of sp³-hybridized carbons (Fsp3) is 0.0385. The van der Waals surface area contributed by atoms with Crippen molar-refractivity contribution in [3.63, 3.8) is 0 Å². The van der Waals surface area contributed by atoms with Crippen LogP contribution in [0.4, 0.5) is 0 Å². The molecule has 0 saturated carbocycles. The third-order valence-electron chi connectivity index (χ3n) is 4.94. The molecule has 0 fully saturated rings. The van der Waals surface area contributed by atoms with E-state index in [1.165, 1.54) is 0 Å². The summed E-state index contributed by atoms with van der Waals surface area (Å²) in [5, 5.41) is 10.1. The fourth-order valence-corrected chi connectivity index (χ4v) is 3.53. The average molecular weight is 440 g/mol. The van der Waals surface area contributed by atoms with Crippen molar-refractivity contribution < 1.29 is 9.53 Å². The van der Waals surface area contributed by atoms with Gasteiger partial charge in [-0.05, 0) is 70.1 Å². The van der Waals surface area contributed by atoms with Crippen LogP contribution in [0.25, 0.3) is 22.8 Å². The number of nitrogens with zero attached hydrogens (tertiary/aromatic N) is 4. The lowest BCUT2D eigenvalue weighted by Crippen LogP contribution is -2.43. The first kappa shape index (κ1) is 20.0. The zero-order valence-corrected chi connectivity index (χ0v) is 17.9. The molecule has 0 aliphatic carbocycles. The zero-order valence-electron chi connectivity index (χ0n) is 17.2. The highest BCUT2D eigenvalue weighted by atomic mass is 35.5. The monoisotopic (exact) mass is 439 g/mol. The van der Waals surface area contributed by atoms with E-state index in [-0.39, 0.29) is 0 Å². The molecule has 6 heteroatoms. The quantitative estimate of drug-likeness (QED) is 0.331. The van der Waals surface area contributed by atoms with Crippen molar-refractivity contribution in [1.82, 2.24) is 15.0 Å². The van der Waals surface area contributed by atoms with E-state index in [0.29, 0.717) is 17.5 Å². The standard InChI is InChI=1S/C26H20ClN4O/c27-22-11-7-10-21(18-22)26-28-30(23-12-5-2-6-13-23)31(29-26)24-14-16-25(17-15-24)32-19-20-8-3-1-4-9-20/h1-18H,19H2/q+1. The van der Waals surface area contributed by atoms with Crippen LogP contribution in [0, 0.1) is 0 Å². The molecule has 5 aromatic rings. The Morgan fingerprint density at radius 1 is 0.781 bits per heavy atom. The summed E-state index contributed by atoms with van der Waals surface area (Å²) in [4.78, 5) is 3.54. The number of benzene rings is 4. The van der Waals surface area contributed by atoms with Gasteiger partial charge >= 0.3 is 5.82 Å². The third-order valence-corrected chi connectivity index (χ3v) is 5.18. The molecule has 0 unspecified atom stereocenters. The van der Waals surface area contributed by atoms with Crippen LogP contribution in [0.1, 0.15) is 5.56 Å². The molecule has 0 saturated heterocycles. The van der Waals surface area contributed by atoms with Gasteiger partial charge in [-0.3, -0.25) is 0 Å². The van der Waals surface area contributed by atoms with Crippen LogP contribution in [-0.4, -0.2) is 15.0 Å². The average Bonchev–Trinajstić information content (AvgIpc) is 3.30. The van der Waals surface area contributed by atoms with Gasteiger partial charge in [0.2, 0.25) is 0 Å². The third kappa shape index (κ3) is 4.38. The van der Waals surface area contributed by atoms with Gasteiger partial charge in [-0.1, -0.05) is 66.2 Å². The molecule has 0 spiro atoms. The van der Waals surface area contributed by atoms with Crippen LogP contribution >= 0.6 is 11.6 Å². The Bertz CT molecular complexity index is 1320. The van der Waals surface area contributed by atoms with Gasteiger partial charge in [-0.25, -0.2) is 0 Å². The molecule has 0 N–H and O–H groups in total. The van der Waals surface area contributed by atoms with Gasteiger partial charge < -0.3 is 4.74 Å². The minimum Gasteiger partial charge on any atom is -0.489 e. The number of hydrogen-bond acceptors (Lipinski definition) is 3. The Morgan fingerprint density at radius 3 is 2.22 bits per heavy atom. The van der Waals surface area contributed by atoms with Crippen molar-refractivity contribution >= 4 is 11.6 Å². The lowest BCUT2D eigenvalue weighted by molar-refractivity contribution is -0.734. The molecule has 32 heavy (non-hydrogen) atoms. The highest BCUT2D eigenvalue weighted by Gasteiger charge is 2.23. The van der Waals surface area contributed by atoms with Crippen molar-refractivity contribution in [2.24, 2.45) is 0 Å². The van der Waals surface area contributed by atoms with Crippen molar-refractivity contribution in [2.75, 3.05) is 0 Å². The Kier molecular flexibility index (Phi) is 5.64. The minimum atomic E-state index is 0.520. The molecule has 5 nitrogen and oxygen atoms in total. The van der Waals surface area contributed by atoms with Gasteiger partial charge in [0.15, 0.2) is 5.69 Å². The largest absolute Gasteiger partial charge is 0.489 e. The summed E-state index contributed by atoms with van der Waals surface area (Å²) in [6, 6.07) is 35.3. The van der Waals surface area contributed by atoms with E-state index in [1.807, 2.05) is 109 Å². The smallest absolute Gasteiger partial charge is 0.340 e. The van der Waals surface area contributed by atoms with E-state index in [4.69, 9.17) is 26.5 Å². The van der Waals surface area contributed by atoms with Gasteiger partial charge in [0.05, 0.1) is 10.7 Å². The lowest BCUT2D eigenvalue weighted by atomic mass is 10.2.